The number of hydrogen-bond donors (Lipinski definition) is 2. The van der Waals surface area contributed by atoms with E-state index in [1.54, 1.807) is 6.20 Å². The standard InChI is InChI=1S/C33H44BN5O4S/c1-21(2)39-19-17-29(37-39)44-38-31(40)36-30-26-9-7-8-22(26)10-15-27(30)23-16-18-35-28(20-23)41-25-13-11-24(12-14-25)34-42-32(3,4)33(5,6)43-34/h10,15-21,24-25H,7-9,11-14H2,1-6H3,(H2,36,38,40). The number of carbonyl (C=O) groups is 1. The number of hydrogen-bond acceptors (Lipinski definition) is 7. The highest BCUT2D eigenvalue weighted by Gasteiger charge is 2.54. The molecule has 1 aliphatic heterocycles. The van der Waals surface area contributed by atoms with Crippen LogP contribution in [0, 0.1) is 0 Å². The fraction of sp³-hybridized carbons (Fsp3) is 0.545. The molecular formula is C33H44BN5O4S. The van der Waals surface area contributed by atoms with Crippen LogP contribution in [0.25, 0.3) is 11.1 Å². The van der Waals surface area contributed by atoms with E-state index >= 15 is 0 Å². The third-order valence-corrected chi connectivity index (χ3v) is 10.3. The van der Waals surface area contributed by atoms with E-state index in [0.717, 1.165) is 66.8 Å². The normalized spacial score (nSPS) is 22.2. The molecule has 0 bridgehead atoms. The first-order valence-electron chi connectivity index (χ1n) is 15.9. The molecule has 2 fully saturated rings. The Morgan fingerprint density at radius 1 is 1.07 bits per heavy atom. The zero-order chi connectivity index (χ0) is 31.1. The van der Waals surface area contributed by atoms with Crippen molar-refractivity contribution < 1.29 is 18.8 Å². The summed E-state index contributed by atoms with van der Waals surface area (Å²) in [6, 6.07) is 10.2. The summed E-state index contributed by atoms with van der Waals surface area (Å²) in [6.45, 7) is 12.6. The van der Waals surface area contributed by atoms with E-state index in [4.69, 9.17) is 14.0 Å². The van der Waals surface area contributed by atoms with Gasteiger partial charge in [-0.2, -0.15) is 5.10 Å². The minimum absolute atomic E-state index is 0.0935. The second-order valence-electron chi connectivity index (χ2n) is 13.5. The third-order valence-electron chi connectivity index (χ3n) is 9.59. The van der Waals surface area contributed by atoms with Gasteiger partial charge >= 0.3 is 13.1 Å². The Hall–Kier alpha value is -3.02. The summed E-state index contributed by atoms with van der Waals surface area (Å²) in [6.07, 6.45) is 10.7. The van der Waals surface area contributed by atoms with Crippen molar-refractivity contribution >= 4 is 30.8 Å². The van der Waals surface area contributed by atoms with Gasteiger partial charge in [-0.3, -0.25) is 9.40 Å². The molecule has 3 aliphatic rings. The second-order valence-corrected chi connectivity index (χ2v) is 14.4. The van der Waals surface area contributed by atoms with Crippen LogP contribution in [0.2, 0.25) is 5.82 Å². The van der Waals surface area contributed by atoms with Gasteiger partial charge in [-0.1, -0.05) is 12.1 Å². The molecule has 234 valence electrons. The van der Waals surface area contributed by atoms with Crippen LogP contribution in [0.3, 0.4) is 0 Å². The molecule has 1 saturated heterocycles. The van der Waals surface area contributed by atoms with Crippen molar-refractivity contribution in [3.8, 4) is 17.0 Å². The number of amides is 2. The maximum atomic E-state index is 13.1. The topological polar surface area (TPSA) is 99.5 Å². The zero-order valence-corrected chi connectivity index (χ0v) is 27.5. The van der Waals surface area contributed by atoms with E-state index in [1.807, 2.05) is 29.1 Å². The number of aromatic nitrogens is 3. The van der Waals surface area contributed by atoms with E-state index in [1.165, 1.54) is 23.1 Å². The molecule has 2 aliphatic carbocycles. The Bertz CT molecular complexity index is 1490. The van der Waals surface area contributed by atoms with E-state index in [9.17, 15) is 4.79 Å². The van der Waals surface area contributed by atoms with Crippen LogP contribution in [-0.4, -0.2) is 45.2 Å². The second kappa shape index (κ2) is 12.4. The molecule has 6 rings (SSSR count). The lowest BCUT2D eigenvalue weighted by molar-refractivity contribution is 0.00578. The molecule has 9 nitrogen and oxygen atoms in total. The summed E-state index contributed by atoms with van der Waals surface area (Å²) in [4.78, 5) is 17.7. The van der Waals surface area contributed by atoms with Gasteiger partial charge in [-0.25, -0.2) is 9.78 Å². The fourth-order valence-corrected chi connectivity index (χ4v) is 6.83. The Kier molecular flexibility index (Phi) is 8.74. The van der Waals surface area contributed by atoms with Crippen LogP contribution in [0.15, 0.2) is 47.8 Å². The molecule has 3 heterocycles. The lowest BCUT2D eigenvalue weighted by Gasteiger charge is -2.32. The molecule has 0 atom stereocenters. The predicted molar refractivity (Wildman–Crippen MR) is 175 cm³/mol. The SMILES string of the molecule is CC(C)n1ccc(SNC(=O)Nc2c(-c3ccnc(OC4CCC(B5OC(C)(C)C(C)(C)O5)CC4)c3)ccc3c2CCC3)n1. The van der Waals surface area contributed by atoms with Crippen molar-refractivity contribution in [3.63, 3.8) is 0 Å². The molecule has 2 N–H and O–H groups in total. The van der Waals surface area contributed by atoms with Crippen LogP contribution in [0.5, 0.6) is 5.88 Å². The lowest BCUT2D eigenvalue weighted by Crippen LogP contribution is -2.41. The monoisotopic (exact) mass is 617 g/mol. The predicted octanol–water partition coefficient (Wildman–Crippen LogP) is 7.63. The molecule has 3 aromatic rings. The minimum Gasteiger partial charge on any atom is -0.474 e. The Balaban J connectivity index is 1.12. The maximum Gasteiger partial charge on any atom is 0.461 e. The molecule has 44 heavy (non-hydrogen) atoms. The molecule has 1 aromatic carbocycles. The van der Waals surface area contributed by atoms with E-state index in [2.05, 4.69) is 73.8 Å². The average Bonchev–Trinajstić information content (AvgIpc) is 3.71. The molecule has 2 aromatic heterocycles. The van der Waals surface area contributed by atoms with Crippen molar-refractivity contribution in [1.82, 2.24) is 19.5 Å². The van der Waals surface area contributed by atoms with Gasteiger partial charge in [0.25, 0.3) is 0 Å². The van der Waals surface area contributed by atoms with E-state index in [0.29, 0.717) is 11.7 Å². The van der Waals surface area contributed by atoms with Crippen molar-refractivity contribution in [2.45, 2.75) is 121 Å². The summed E-state index contributed by atoms with van der Waals surface area (Å²) < 4.78 is 23.9. The van der Waals surface area contributed by atoms with Gasteiger partial charge < -0.3 is 19.4 Å². The first-order chi connectivity index (χ1) is 21.0. The number of nitrogens with zero attached hydrogens (tertiary/aromatic N) is 3. The van der Waals surface area contributed by atoms with Crippen molar-refractivity contribution in [3.05, 3.63) is 53.9 Å². The Labute approximate surface area is 265 Å². The zero-order valence-electron chi connectivity index (χ0n) is 26.7. The molecule has 2 amide bonds. The molecule has 11 heteroatoms. The first kappa shape index (κ1) is 31.0. The maximum absolute atomic E-state index is 13.1. The number of nitrogens with one attached hydrogen (secondary N) is 2. The minimum atomic E-state index is -0.308. The average molecular weight is 618 g/mol. The lowest BCUT2D eigenvalue weighted by atomic mass is 9.64. The van der Waals surface area contributed by atoms with Crippen LogP contribution in [0.1, 0.15) is 90.8 Å². The Morgan fingerprint density at radius 3 is 2.52 bits per heavy atom. The van der Waals surface area contributed by atoms with Crippen LogP contribution in [0.4, 0.5) is 10.5 Å². The van der Waals surface area contributed by atoms with Gasteiger partial charge in [0.2, 0.25) is 5.88 Å². The fourth-order valence-electron chi connectivity index (χ4n) is 6.32. The van der Waals surface area contributed by atoms with Crippen molar-refractivity contribution in [2.75, 3.05) is 5.32 Å². The van der Waals surface area contributed by atoms with Gasteiger partial charge in [0.1, 0.15) is 11.1 Å². The van der Waals surface area contributed by atoms with Gasteiger partial charge in [-0.15, -0.1) is 0 Å². The number of aryl methyl sites for hydroxylation is 1. The number of carbonyl (C=O) groups excluding carboxylic acids is 1. The molecule has 0 radical (unpaired) electrons. The first-order valence-corrected chi connectivity index (χ1v) is 16.7. The number of pyridine rings is 1. The quantitative estimate of drug-likeness (QED) is 0.198. The van der Waals surface area contributed by atoms with Gasteiger partial charge in [-0.05, 0) is 121 Å². The highest BCUT2D eigenvalue weighted by molar-refractivity contribution is 7.97. The summed E-state index contributed by atoms with van der Waals surface area (Å²) in [5.41, 5.74) is 4.66. The molecular weight excluding hydrogens is 573 g/mol. The number of anilines is 1. The van der Waals surface area contributed by atoms with Crippen LogP contribution < -0.4 is 14.8 Å². The van der Waals surface area contributed by atoms with Crippen LogP contribution >= 0.6 is 11.9 Å². The largest absolute Gasteiger partial charge is 0.474 e. The number of urea groups is 1. The summed E-state index contributed by atoms with van der Waals surface area (Å²) >= 11 is 1.21. The number of rotatable bonds is 8. The summed E-state index contributed by atoms with van der Waals surface area (Å²) in [5, 5.41) is 8.42. The summed E-state index contributed by atoms with van der Waals surface area (Å²) in [5.74, 6) is 0.972. The number of benzene rings is 1. The Morgan fingerprint density at radius 2 is 1.82 bits per heavy atom. The smallest absolute Gasteiger partial charge is 0.461 e. The van der Waals surface area contributed by atoms with Gasteiger partial charge in [0.05, 0.1) is 16.9 Å². The molecule has 0 spiro atoms. The van der Waals surface area contributed by atoms with E-state index in [-0.39, 0.29) is 36.5 Å². The van der Waals surface area contributed by atoms with Gasteiger partial charge in [0, 0.05) is 42.0 Å². The highest BCUT2D eigenvalue weighted by Crippen LogP contribution is 2.44. The van der Waals surface area contributed by atoms with Crippen molar-refractivity contribution in [1.29, 1.82) is 0 Å². The third kappa shape index (κ3) is 6.51. The number of fused-ring (bicyclic) bond motifs is 1. The highest BCUT2D eigenvalue weighted by atomic mass is 32.2. The molecule has 0 unspecified atom stereocenters. The van der Waals surface area contributed by atoms with Gasteiger partial charge in [0.15, 0.2) is 0 Å². The van der Waals surface area contributed by atoms with Crippen molar-refractivity contribution in [2.24, 2.45) is 0 Å². The summed E-state index contributed by atoms with van der Waals surface area (Å²) in [7, 11) is -0.166. The van der Waals surface area contributed by atoms with E-state index < -0.39 is 0 Å². The van der Waals surface area contributed by atoms with Crippen LogP contribution in [-0.2, 0) is 22.2 Å². The number of ether oxygens (including phenoxy) is 1. The molecule has 1 saturated carbocycles.